The summed E-state index contributed by atoms with van der Waals surface area (Å²) in [4.78, 5) is 19.3. The molecular weight excluding hydrogens is 486 g/mol. The molecular formula is C26H22F2N4O3S. The van der Waals surface area contributed by atoms with Gasteiger partial charge in [-0.05, 0) is 54.4 Å². The molecule has 0 spiro atoms. The standard InChI is InChI=1S/C26H22F2N4O3S/c1-3-36(34,35)22-4-5-23(17-9-19(27)11-20(28)10-17)24(12-22)26(33)31-13-18-14-32(30-25(18)15-31)21-6-7-29-16(2)8-21/h4-12,14H,3,13,15H2,1-2H3. The fourth-order valence-electron chi connectivity index (χ4n) is 4.29. The zero-order valence-corrected chi connectivity index (χ0v) is 20.4. The van der Waals surface area contributed by atoms with E-state index in [1.807, 2.05) is 25.3 Å². The predicted molar refractivity (Wildman–Crippen MR) is 129 cm³/mol. The van der Waals surface area contributed by atoms with E-state index in [1.165, 1.54) is 30.0 Å². The van der Waals surface area contributed by atoms with Gasteiger partial charge < -0.3 is 4.90 Å². The molecule has 4 aromatic rings. The van der Waals surface area contributed by atoms with Crippen LogP contribution in [-0.2, 0) is 22.9 Å². The number of hydrogen-bond donors (Lipinski definition) is 0. The van der Waals surface area contributed by atoms with Crippen molar-refractivity contribution in [3.05, 3.63) is 95.1 Å². The first-order chi connectivity index (χ1) is 17.1. The van der Waals surface area contributed by atoms with Crippen molar-refractivity contribution in [3.8, 4) is 16.8 Å². The lowest BCUT2D eigenvalue weighted by molar-refractivity contribution is 0.0749. The van der Waals surface area contributed by atoms with E-state index >= 15 is 0 Å². The number of nitrogens with zero attached hydrogens (tertiary/aromatic N) is 4. The third kappa shape index (κ3) is 4.39. The van der Waals surface area contributed by atoms with Crippen LogP contribution in [0.3, 0.4) is 0 Å². The third-order valence-electron chi connectivity index (χ3n) is 6.15. The summed E-state index contributed by atoms with van der Waals surface area (Å²) in [6.07, 6.45) is 3.54. The third-order valence-corrected chi connectivity index (χ3v) is 7.88. The van der Waals surface area contributed by atoms with Crippen LogP contribution in [-0.4, -0.2) is 39.7 Å². The van der Waals surface area contributed by atoms with Crippen LogP contribution in [0.1, 0.15) is 34.2 Å². The Morgan fingerprint density at radius 1 is 1.03 bits per heavy atom. The molecule has 1 amide bonds. The second-order valence-electron chi connectivity index (χ2n) is 8.63. The van der Waals surface area contributed by atoms with Crippen LogP contribution in [0.25, 0.3) is 16.8 Å². The Morgan fingerprint density at radius 3 is 2.44 bits per heavy atom. The van der Waals surface area contributed by atoms with E-state index in [-0.39, 0.29) is 40.4 Å². The van der Waals surface area contributed by atoms with Gasteiger partial charge in [0, 0.05) is 41.8 Å². The van der Waals surface area contributed by atoms with Crippen molar-refractivity contribution in [1.29, 1.82) is 0 Å². The van der Waals surface area contributed by atoms with Gasteiger partial charge in [-0.25, -0.2) is 21.9 Å². The number of sulfone groups is 1. The van der Waals surface area contributed by atoms with E-state index < -0.39 is 27.4 Å². The number of aryl methyl sites for hydroxylation is 1. The Kier molecular flexibility index (Phi) is 5.91. The molecule has 184 valence electrons. The van der Waals surface area contributed by atoms with Crippen molar-refractivity contribution in [2.75, 3.05) is 5.75 Å². The van der Waals surface area contributed by atoms with Gasteiger partial charge in [0.15, 0.2) is 9.84 Å². The minimum absolute atomic E-state index is 0.0239. The lowest BCUT2D eigenvalue weighted by Crippen LogP contribution is -2.27. The Hall–Kier alpha value is -3.92. The molecule has 3 heterocycles. The number of amides is 1. The Bertz CT molecular complexity index is 1570. The maximum atomic E-state index is 14.0. The van der Waals surface area contributed by atoms with Gasteiger partial charge in [-0.1, -0.05) is 13.0 Å². The number of halogens is 2. The number of rotatable bonds is 5. The smallest absolute Gasteiger partial charge is 0.255 e. The van der Waals surface area contributed by atoms with Gasteiger partial charge in [0.05, 0.1) is 28.6 Å². The van der Waals surface area contributed by atoms with Gasteiger partial charge >= 0.3 is 0 Å². The van der Waals surface area contributed by atoms with Crippen LogP contribution in [0.4, 0.5) is 8.78 Å². The molecule has 36 heavy (non-hydrogen) atoms. The molecule has 10 heteroatoms. The lowest BCUT2D eigenvalue weighted by Gasteiger charge is -2.19. The number of pyridine rings is 1. The largest absolute Gasteiger partial charge is 0.328 e. The second-order valence-corrected chi connectivity index (χ2v) is 10.9. The molecule has 1 aliphatic rings. The van der Waals surface area contributed by atoms with E-state index in [2.05, 4.69) is 10.1 Å². The van der Waals surface area contributed by atoms with Gasteiger partial charge in [-0.2, -0.15) is 5.10 Å². The lowest BCUT2D eigenvalue weighted by atomic mass is 9.98. The number of hydrogen-bond acceptors (Lipinski definition) is 5. The van der Waals surface area contributed by atoms with Gasteiger partial charge in [0.1, 0.15) is 11.6 Å². The van der Waals surface area contributed by atoms with E-state index in [0.29, 0.717) is 5.69 Å². The van der Waals surface area contributed by atoms with Crippen LogP contribution in [0.15, 0.2) is 65.8 Å². The van der Waals surface area contributed by atoms with Crippen molar-refractivity contribution in [3.63, 3.8) is 0 Å². The summed E-state index contributed by atoms with van der Waals surface area (Å²) >= 11 is 0. The highest BCUT2D eigenvalue weighted by atomic mass is 32.2. The van der Waals surface area contributed by atoms with Crippen LogP contribution in [0.5, 0.6) is 0 Å². The van der Waals surface area contributed by atoms with Crippen LogP contribution in [0.2, 0.25) is 0 Å². The molecule has 0 atom stereocenters. The number of benzene rings is 2. The van der Waals surface area contributed by atoms with Crippen molar-refractivity contribution in [1.82, 2.24) is 19.7 Å². The molecule has 0 saturated heterocycles. The molecule has 0 fully saturated rings. The van der Waals surface area contributed by atoms with Gasteiger partial charge in [0.25, 0.3) is 5.91 Å². The summed E-state index contributed by atoms with van der Waals surface area (Å²) in [6, 6.07) is 10.8. The van der Waals surface area contributed by atoms with Crippen LogP contribution >= 0.6 is 0 Å². The van der Waals surface area contributed by atoms with E-state index in [4.69, 9.17) is 0 Å². The van der Waals surface area contributed by atoms with E-state index in [1.54, 1.807) is 10.9 Å². The van der Waals surface area contributed by atoms with Crippen molar-refractivity contribution in [2.24, 2.45) is 0 Å². The topological polar surface area (TPSA) is 85.2 Å². The molecule has 0 N–H and O–H groups in total. The minimum atomic E-state index is -3.62. The molecule has 5 rings (SSSR count). The number of carbonyl (C=O) groups excluding carboxylic acids is 1. The quantitative estimate of drug-likeness (QED) is 0.397. The summed E-state index contributed by atoms with van der Waals surface area (Å²) in [5, 5.41) is 4.60. The first kappa shape index (κ1) is 23.8. The molecule has 0 unspecified atom stereocenters. The van der Waals surface area contributed by atoms with E-state index in [9.17, 15) is 22.0 Å². The highest BCUT2D eigenvalue weighted by molar-refractivity contribution is 7.91. The first-order valence-corrected chi connectivity index (χ1v) is 12.9. The summed E-state index contributed by atoms with van der Waals surface area (Å²) in [5.74, 6) is -2.19. The SMILES string of the molecule is CCS(=O)(=O)c1ccc(-c2cc(F)cc(F)c2)c(C(=O)N2Cc3cn(-c4ccnc(C)c4)nc3C2)c1. The van der Waals surface area contributed by atoms with Crippen molar-refractivity contribution < 1.29 is 22.0 Å². The zero-order valence-electron chi connectivity index (χ0n) is 19.6. The average molecular weight is 509 g/mol. The van der Waals surface area contributed by atoms with Gasteiger partial charge in [-0.3, -0.25) is 9.78 Å². The number of fused-ring (bicyclic) bond motifs is 1. The van der Waals surface area contributed by atoms with Crippen LogP contribution < -0.4 is 0 Å². The molecule has 7 nitrogen and oxygen atoms in total. The summed E-state index contributed by atoms with van der Waals surface area (Å²) in [7, 11) is -3.62. The molecule has 1 aliphatic heterocycles. The highest BCUT2D eigenvalue weighted by Crippen LogP contribution is 2.32. The van der Waals surface area contributed by atoms with Crippen LogP contribution in [0, 0.1) is 18.6 Å². The Labute approximate surface area is 206 Å². The minimum Gasteiger partial charge on any atom is -0.328 e. The first-order valence-electron chi connectivity index (χ1n) is 11.3. The van der Waals surface area contributed by atoms with Gasteiger partial charge in [0.2, 0.25) is 0 Å². The zero-order chi connectivity index (χ0) is 25.6. The molecule has 2 aromatic carbocycles. The molecule has 0 bridgehead atoms. The number of aromatic nitrogens is 3. The normalized spacial score (nSPS) is 13.2. The highest BCUT2D eigenvalue weighted by Gasteiger charge is 2.30. The molecule has 0 radical (unpaired) electrons. The van der Waals surface area contributed by atoms with Crippen molar-refractivity contribution in [2.45, 2.75) is 31.8 Å². The van der Waals surface area contributed by atoms with E-state index in [0.717, 1.165) is 35.1 Å². The summed E-state index contributed by atoms with van der Waals surface area (Å²) < 4.78 is 54.7. The predicted octanol–water partition coefficient (Wildman–Crippen LogP) is 4.47. The maximum absolute atomic E-state index is 14.0. The second kappa shape index (κ2) is 8.94. The molecule has 2 aromatic heterocycles. The fourth-order valence-corrected chi connectivity index (χ4v) is 5.20. The Morgan fingerprint density at radius 2 is 1.78 bits per heavy atom. The van der Waals surface area contributed by atoms with Gasteiger partial charge in [-0.15, -0.1) is 0 Å². The summed E-state index contributed by atoms with van der Waals surface area (Å²) in [6.45, 7) is 3.87. The average Bonchev–Trinajstić information content (AvgIpc) is 3.42. The maximum Gasteiger partial charge on any atom is 0.255 e. The molecule has 0 aliphatic carbocycles. The fraction of sp³-hybridized carbons (Fsp3) is 0.192. The number of carbonyl (C=O) groups is 1. The van der Waals surface area contributed by atoms with Crippen molar-refractivity contribution >= 4 is 15.7 Å². The Balaban J connectivity index is 1.51. The monoisotopic (exact) mass is 508 g/mol. The molecule has 0 saturated carbocycles. The summed E-state index contributed by atoms with van der Waals surface area (Å²) in [5.41, 5.74) is 3.71.